The van der Waals surface area contributed by atoms with Gasteiger partial charge in [-0.3, -0.25) is 9.36 Å². The number of hydrogen-bond acceptors (Lipinski definition) is 4. The molecule has 2 heterocycles. The highest BCUT2D eigenvalue weighted by Gasteiger charge is 2.23. The van der Waals surface area contributed by atoms with Crippen molar-refractivity contribution in [1.29, 1.82) is 0 Å². The fourth-order valence-corrected chi connectivity index (χ4v) is 1.81. The molecule has 0 unspecified atom stereocenters. The van der Waals surface area contributed by atoms with Crippen LogP contribution < -0.4 is 5.32 Å². The first kappa shape index (κ1) is 14.7. The summed E-state index contributed by atoms with van der Waals surface area (Å²) in [6.45, 7) is 3.47. The van der Waals surface area contributed by atoms with Crippen molar-refractivity contribution in [2.75, 3.05) is 0 Å². The van der Waals surface area contributed by atoms with E-state index in [0.717, 1.165) is 0 Å². The number of carboxylic acids is 1. The normalized spacial score (nSPS) is 12.1. The molecule has 0 aliphatic rings. The third-order valence-electron chi connectivity index (χ3n) is 3.00. The number of hydrogen-bond donors (Lipinski definition) is 2. The first-order valence-electron chi connectivity index (χ1n) is 6.47. The van der Waals surface area contributed by atoms with Crippen molar-refractivity contribution >= 4 is 11.9 Å². The van der Waals surface area contributed by atoms with E-state index in [0.29, 0.717) is 11.4 Å². The highest BCUT2D eigenvalue weighted by molar-refractivity contribution is 5.96. The predicted molar refractivity (Wildman–Crippen MR) is 75.1 cm³/mol. The zero-order valence-electron chi connectivity index (χ0n) is 11.7. The Labute approximate surface area is 121 Å². The van der Waals surface area contributed by atoms with Gasteiger partial charge in [0.05, 0.1) is 5.56 Å². The second-order valence-corrected chi connectivity index (χ2v) is 4.91. The van der Waals surface area contributed by atoms with Gasteiger partial charge in [-0.2, -0.15) is 0 Å². The Balaban J connectivity index is 2.11. The maximum Gasteiger partial charge on any atom is 0.326 e. The molecule has 0 fully saturated rings. The van der Waals surface area contributed by atoms with Crippen LogP contribution in [0, 0.1) is 5.92 Å². The Morgan fingerprint density at radius 1 is 1.33 bits per heavy atom. The van der Waals surface area contributed by atoms with Crippen molar-refractivity contribution in [2.45, 2.75) is 19.9 Å². The maximum atomic E-state index is 12.0. The van der Waals surface area contributed by atoms with Crippen LogP contribution >= 0.6 is 0 Å². The molecule has 2 aromatic rings. The number of amides is 1. The van der Waals surface area contributed by atoms with Crippen LogP contribution in [-0.2, 0) is 4.79 Å². The van der Waals surface area contributed by atoms with Gasteiger partial charge in [-0.25, -0.2) is 14.8 Å². The van der Waals surface area contributed by atoms with E-state index in [1.54, 1.807) is 49.3 Å². The number of carbonyl (C=O) groups excluding carboxylic acids is 1. The van der Waals surface area contributed by atoms with E-state index >= 15 is 0 Å². The molecule has 0 saturated heterocycles. The molecule has 21 heavy (non-hydrogen) atoms. The summed E-state index contributed by atoms with van der Waals surface area (Å²) in [5.74, 6) is -1.09. The maximum absolute atomic E-state index is 12.0. The monoisotopic (exact) mass is 288 g/mol. The summed E-state index contributed by atoms with van der Waals surface area (Å²) in [6.07, 6.45) is 6.37. The summed E-state index contributed by atoms with van der Waals surface area (Å²) >= 11 is 0. The average molecular weight is 288 g/mol. The van der Waals surface area contributed by atoms with Crippen molar-refractivity contribution in [3.05, 3.63) is 42.6 Å². The van der Waals surface area contributed by atoms with Gasteiger partial charge in [0.25, 0.3) is 5.91 Å². The lowest BCUT2D eigenvalue weighted by Gasteiger charge is -2.17. The van der Waals surface area contributed by atoms with Crippen LogP contribution in [-0.4, -0.2) is 37.6 Å². The van der Waals surface area contributed by atoms with Crippen molar-refractivity contribution in [1.82, 2.24) is 19.9 Å². The van der Waals surface area contributed by atoms with E-state index < -0.39 is 17.9 Å². The van der Waals surface area contributed by atoms with Gasteiger partial charge in [0.15, 0.2) is 0 Å². The molecule has 7 heteroatoms. The van der Waals surface area contributed by atoms with Gasteiger partial charge in [0, 0.05) is 18.6 Å². The fourth-order valence-electron chi connectivity index (χ4n) is 1.81. The number of rotatable bonds is 5. The van der Waals surface area contributed by atoms with Gasteiger partial charge < -0.3 is 10.4 Å². The molecule has 110 valence electrons. The van der Waals surface area contributed by atoms with Crippen LogP contribution in [0.4, 0.5) is 0 Å². The first-order valence-corrected chi connectivity index (χ1v) is 6.47. The predicted octanol–water partition coefficient (Wildman–Crippen LogP) is 1.11. The minimum absolute atomic E-state index is 0.204. The van der Waals surface area contributed by atoms with Crippen molar-refractivity contribution in [2.24, 2.45) is 5.92 Å². The number of aromatic nitrogens is 3. The molecule has 0 saturated carbocycles. The van der Waals surface area contributed by atoms with E-state index in [2.05, 4.69) is 15.3 Å². The van der Waals surface area contributed by atoms with Crippen LogP contribution in [0.1, 0.15) is 24.2 Å². The second kappa shape index (κ2) is 6.17. The number of carboxylic acid groups (broad SMARTS) is 1. The van der Waals surface area contributed by atoms with Gasteiger partial charge in [-0.1, -0.05) is 13.8 Å². The highest BCUT2D eigenvalue weighted by Crippen LogP contribution is 2.07. The molecule has 0 spiro atoms. The van der Waals surface area contributed by atoms with Gasteiger partial charge >= 0.3 is 5.97 Å². The molecule has 2 N–H and O–H groups in total. The standard InChI is InChI=1S/C14H16N4O3/c1-9(2)12(14(20)21)17-13(19)10-3-4-11(16-7-10)18-6-5-15-8-18/h3-9,12H,1-2H3,(H,17,19)(H,20,21)/t12-/m1/s1. The molecular formula is C14H16N4O3. The third kappa shape index (κ3) is 3.44. The number of imidazole rings is 1. The Hall–Kier alpha value is -2.70. The number of nitrogens with zero attached hydrogens (tertiary/aromatic N) is 3. The van der Waals surface area contributed by atoms with Gasteiger partial charge in [0.1, 0.15) is 18.2 Å². The molecule has 0 radical (unpaired) electrons. The lowest BCUT2D eigenvalue weighted by molar-refractivity contribution is -0.140. The summed E-state index contributed by atoms with van der Waals surface area (Å²) in [5, 5.41) is 11.6. The topological polar surface area (TPSA) is 97.1 Å². The molecule has 0 aromatic carbocycles. The summed E-state index contributed by atoms with van der Waals surface area (Å²) < 4.78 is 1.70. The zero-order chi connectivity index (χ0) is 15.4. The number of aliphatic carboxylic acids is 1. The first-order chi connectivity index (χ1) is 9.99. The molecular weight excluding hydrogens is 272 g/mol. The average Bonchev–Trinajstić information content (AvgIpc) is 2.98. The molecule has 0 aliphatic carbocycles. The van der Waals surface area contributed by atoms with Crippen LogP contribution in [0.2, 0.25) is 0 Å². The fraction of sp³-hybridized carbons (Fsp3) is 0.286. The molecule has 0 aliphatic heterocycles. The zero-order valence-corrected chi connectivity index (χ0v) is 11.7. The number of carbonyl (C=O) groups is 2. The molecule has 2 aromatic heterocycles. The Bertz CT molecular complexity index is 620. The van der Waals surface area contributed by atoms with E-state index in [4.69, 9.17) is 5.11 Å². The SMILES string of the molecule is CC(C)[C@@H](NC(=O)c1ccc(-n2ccnc2)nc1)C(=O)O. The third-order valence-corrected chi connectivity index (χ3v) is 3.00. The largest absolute Gasteiger partial charge is 0.480 e. The van der Waals surface area contributed by atoms with Crippen LogP contribution in [0.25, 0.3) is 5.82 Å². The smallest absolute Gasteiger partial charge is 0.326 e. The molecule has 1 atom stereocenters. The van der Waals surface area contributed by atoms with Gasteiger partial charge in [-0.15, -0.1) is 0 Å². The second-order valence-electron chi connectivity index (χ2n) is 4.91. The van der Waals surface area contributed by atoms with Crippen LogP contribution in [0.3, 0.4) is 0 Å². The van der Waals surface area contributed by atoms with E-state index in [1.165, 1.54) is 6.20 Å². The Kier molecular flexibility index (Phi) is 4.32. The lowest BCUT2D eigenvalue weighted by atomic mass is 10.0. The van der Waals surface area contributed by atoms with E-state index in [9.17, 15) is 9.59 Å². The highest BCUT2D eigenvalue weighted by atomic mass is 16.4. The number of nitrogens with one attached hydrogen (secondary N) is 1. The van der Waals surface area contributed by atoms with Gasteiger partial charge in [-0.05, 0) is 18.1 Å². The van der Waals surface area contributed by atoms with Crippen LogP contribution in [0.5, 0.6) is 0 Å². The van der Waals surface area contributed by atoms with Crippen molar-refractivity contribution in [3.8, 4) is 5.82 Å². The van der Waals surface area contributed by atoms with Crippen molar-refractivity contribution in [3.63, 3.8) is 0 Å². The minimum atomic E-state index is -1.05. The summed E-state index contributed by atoms with van der Waals surface area (Å²) in [6, 6.07) is 2.34. The summed E-state index contributed by atoms with van der Waals surface area (Å²) in [4.78, 5) is 31.2. The van der Waals surface area contributed by atoms with Crippen LogP contribution in [0.15, 0.2) is 37.1 Å². The quantitative estimate of drug-likeness (QED) is 0.859. The Morgan fingerprint density at radius 3 is 2.57 bits per heavy atom. The molecule has 7 nitrogen and oxygen atoms in total. The number of pyridine rings is 1. The summed E-state index contributed by atoms with van der Waals surface area (Å²) in [7, 11) is 0. The Morgan fingerprint density at radius 2 is 2.10 bits per heavy atom. The van der Waals surface area contributed by atoms with Gasteiger partial charge in [0.2, 0.25) is 0 Å². The molecule has 2 rings (SSSR count). The molecule has 1 amide bonds. The lowest BCUT2D eigenvalue weighted by Crippen LogP contribution is -2.44. The van der Waals surface area contributed by atoms with Crippen molar-refractivity contribution < 1.29 is 14.7 Å². The molecule has 0 bridgehead atoms. The van der Waals surface area contributed by atoms with E-state index in [-0.39, 0.29) is 5.92 Å². The van der Waals surface area contributed by atoms with E-state index in [1.807, 2.05) is 0 Å². The summed E-state index contributed by atoms with van der Waals surface area (Å²) in [5.41, 5.74) is 0.311. The minimum Gasteiger partial charge on any atom is -0.480 e.